The molecule has 1 aromatic carbocycles. The second-order valence-corrected chi connectivity index (χ2v) is 6.15. The maximum absolute atomic E-state index is 10.9. The van der Waals surface area contributed by atoms with Crippen LogP contribution >= 0.6 is 0 Å². The summed E-state index contributed by atoms with van der Waals surface area (Å²) < 4.78 is 32.6. The zero-order chi connectivity index (χ0) is 13.9. The second kappa shape index (κ2) is 5.77. The number of nitrogens with one attached hydrogen (secondary N) is 1. The zero-order valence-electron chi connectivity index (χ0n) is 10.8. The SMILES string of the molecule is COc1ccc2c(c1)C(NCCS(N)(=O)=O)CCO2. The van der Waals surface area contributed by atoms with Crippen molar-refractivity contribution in [1.29, 1.82) is 0 Å². The van der Waals surface area contributed by atoms with Gasteiger partial charge in [0.1, 0.15) is 11.5 Å². The Labute approximate surface area is 112 Å². The highest BCUT2D eigenvalue weighted by Gasteiger charge is 2.21. The molecular weight excluding hydrogens is 268 g/mol. The van der Waals surface area contributed by atoms with Gasteiger partial charge in [-0.25, -0.2) is 13.6 Å². The third-order valence-corrected chi connectivity index (χ3v) is 3.81. The fraction of sp³-hybridized carbons (Fsp3) is 0.500. The first-order valence-electron chi connectivity index (χ1n) is 6.04. The average Bonchev–Trinajstić information content (AvgIpc) is 2.37. The minimum atomic E-state index is -3.43. The molecule has 1 atom stereocenters. The van der Waals surface area contributed by atoms with E-state index in [1.165, 1.54) is 0 Å². The molecule has 0 aromatic heterocycles. The van der Waals surface area contributed by atoms with Gasteiger partial charge in [0.25, 0.3) is 0 Å². The van der Waals surface area contributed by atoms with Crippen LogP contribution in [0.3, 0.4) is 0 Å². The summed E-state index contributed by atoms with van der Waals surface area (Å²) in [6, 6.07) is 5.66. The van der Waals surface area contributed by atoms with Crippen LogP contribution in [0.1, 0.15) is 18.0 Å². The quantitative estimate of drug-likeness (QED) is 0.817. The van der Waals surface area contributed by atoms with E-state index in [4.69, 9.17) is 14.6 Å². The van der Waals surface area contributed by atoms with E-state index in [1.807, 2.05) is 18.2 Å². The number of primary sulfonamides is 1. The lowest BCUT2D eigenvalue weighted by molar-refractivity contribution is 0.253. The summed E-state index contributed by atoms with van der Waals surface area (Å²) in [6.07, 6.45) is 0.783. The molecule has 7 heteroatoms. The van der Waals surface area contributed by atoms with Crippen molar-refractivity contribution >= 4 is 10.0 Å². The monoisotopic (exact) mass is 286 g/mol. The molecule has 0 aliphatic carbocycles. The fourth-order valence-corrected chi connectivity index (χ4v) is 2.49. The summed E-state index contributed by atoms with van der Waals surface area (Å²) in [5, 5.41) is 8.17. The lowest BCUT2D eigenvalue weighted by Crippen LogP contribution is -2.32. The number of ether oxygens (including phenoxy) is 2. The molecule has 19 heavy (non-hydrogen) atoms. The van der Waals surface area contributed by atoms with Crippen LogP contribution in [0.25, 0.3) is 0 Å². The van der Waals surface area contributed by atoms with Crippen LogP contribution in [0, 0.1) is 0 Å². The summed E-state index contributed by atoms with van der Waals surface area (Å²) in [5.74, 6) is 1.48. The molecule has 0 saturated carbocycles. The van der Waals surface area contributed by atoms with Crippen LogP contribution in [0.15, 0.2) is 18.2 Å². The molecule has 1 unspecified atom stereocenters. The predicted molar refractivity (Wildman–Crippen MR) is 71.8 cm³/mol. The number of methoxy groups -OCH3 is 1. The highest BCUT2D eigenvalue weighted by atomic mass is 32.2. The molecule has 0 fully saturated rings. The second-order valence-electron chi connectivity index (χ2n) is 4.41. The van der Waals surface area contributed by atoms with Crippen molar-refractivity contribution in [2.24, 2.45) is 5.14 Å². The van der Waals surface area contributed by atoms with Gasteiger partial charge in [0.05, 0.1) is 19.5 Å². The van der Waals surface area contributed by atoms with Gasteiger partial charge in [0, 0.05) is 24.6 Å². The van der Waals surface area contributed by atoms with E-state index in [0.29, 0.717) is 13.2 Å². The zero-order valence-corrected chi connectivity index (χ0v) is 11.6. The van der Waals surface area contributed by atoms with E-state index in [2.05, 4.69) is 5.32 Å². The van der Waals surface area contributed by atoms with Crippen molar-refractivity contribution in [3.05, 3.63) is 23.8 Å². The van der Waals surface area contributed by atoms with Crippen LogP contribution in [-0.4, -0.2) is 34.4 Å². The molecule has 1 aliphatic heterocycles. The summed E-state index contributed by atoms with van der Waals surface area (Å²) in [5.41, 5.74) is 0.986. The molecule has 0 radical (unpaired) electrons. The number of benzene rings is 1. The molecule has 0 saturated heterocycles. The molecule has 0 bridgehead atoms. The Morgan fingerprint density at radius 2 is 2.32 bits per heavy atom. The number of hydrogen-bond donors (Lipinski definition) is 2. The molecule has 1 aromatic rings. The van der Waals surface area contributed by atoms with Gasteiger partial charge >= 0.3 is 0 Å². The highest BCUT2D eigenvalue weighted by molar-refractivity contribution is 7.89. The van der Waals surface area contributed by atoms with E-state index in [-0.39, 0.29) is 11.8 Å². The van der Waals surface area contributed by atoms with Gasteiger partial charge in [-0.1, -0.05) is 0 Å². The minimum absolute atomic E-state index is 0.0561. The summed E-state index contributed by atoms with van der Waals surface area (Å²) in [6.45, 7) is 0.923. The van der Waals surface area contributed by atoms with Gasteiger partial charge in [0.15, 0.2) is 0 Å². The number of nitrogens with two attached hydrogens (primary N) is 1. The van der Waals surface area contributed by atoms with Crippen molar-refractivity contribution in [3.8, 4) is 11.5 Å². The Balaban J connectivity index is 2.08. The van der Waals surface area contributed by atoms with Gasteiger partial charge < -0.3 is 14.8 Å². The van der Waals surface area contributed by atoms with Crippen LogP contribution in [0.4, 0.5) is 0 Å². The minimum Gasteiger partial charge on any atom is -0.497 e. The summed E-state index contributed by atoms with van der Waals surface area (Å²) in [7, 11) is -1.83. The maximum Gasteiger partial charge on any atom is 0.210 e. The fourth-order valence-electron chi connectivity index (χ4n) is 2.09. The van der Waals surface area contributed by atoms with Gasteiger partial charge in [-0.05, 0) is 18.2 Å². The van der Waals surface area contributed by atoms with E-state index in [0.717, 1.165) is 23.5 Å². The Bertz CT molecular complexity index is 545. The molecule has 106 valence electrons. The largest absolute Gasteiger partial charge is 0.497 e. The molecule has 1 heterocycles. The first-order chi connectivity index (χ1) is 8.99. The van der Waals surface area contributed by atoms with Crippen molar-refractivity contribution in [2.75, 3.05) is 26.0 Å². The van der Waals surface area contributed by atoms with Crippen molar-refractivity contribution < 1.29 is 17.9 Å². The molecule has 6 nitrogen and oxygen atoms in total. The lowest BCUT2D eigenvalue weighted by atomic mass is 10.0. The van der Waals surface area contributed by atoms with Crippen LogP contribution in [-0.2, 0) is 10.0 Å². The van der Waals surface area contributed by atoms with Crippen molar-refractivity contribution in [2.45, 2.75) is 12.5 Å². The third-order valence-electron chi connectivity index (χ3n) is 3.03. The number of rotatable bonds is 5. The molecule has 3 N–H and O–H groups in total. The smallest absolute Gasteiger partial charge is 0.210 e. The number of sulfonamides is 1. The first kappa shape index (κ1) is 14.1. The topological polar surface area (TPSA) is 90.6 Å². The van der Waals surface area contributed by atoms with Crippen LogP contribution < -0.4 is 19.9 Å². The average molecular weight is 286 g/mol. The summed E-state index contributed by atoms with van der Waals surface area (Å²) >= 11 is 0. The van der Waals surface area contributed by atoms with Crippen molar-refractivity contribution in [1.82, 2.24) is 5.32 Å². The molecule has 0 spiro atoms. The Hall–Kier alpha value is -1.31. The Morgan fingerprint density at radius 3 is 3.00 bits per heavy atom. The number of fused-ring (bicyclic) bond motifs is 1. The van der Waals surface area contributed by atoms with E-state index in [9.17, 15) is 8.42 Å². The summed E-state index contributed by atoms with van der Waals surface area (Å²) in [4.78, 5) is 0. The molecule has 0 amide bonds. The van der Waals surface area contributed by atoms with Crippen LogP contribution in [0.5, 0.6) is 11.5 Å². The highest BCUT2D eigenvalue weighted by Crippen LogP contribution is 2.34. The standard InChI is InChI=1S/C12H18N2O4S/c1-17-9-2-3-12-10(8-9)11(4-6-18-12)14-5-7-19(13,15)16/h2-3,8,11,14H,4-7H2,1H3,(H2,13,15,16). The first-order valence-corrected chi connectivity index (χ1v) is 7.76. The normalized spacial score (nSPS) is 18.5. The van der Waals surface area contributed by atoms with Gasteiger partial charge in [0.2, 0.25) is 10.0 Å². The number of hydrogen-bond acceptors (Lipinski definition) is 5. The lowest BCUT2D eigenvalue weighted by Gasteiger charge is -2.27. The van der Waals surface area contributed by atoms with Gasteiger partial charge in [-0.2, -0.15) is 0 Å². The van der Waals surface area contributed by atoms with E-state index >= 15 is 0 Å². The molecule has 1 aliphatic rings. The van der Waals surface area contributed by atoms with E-state index < -0.39 is 10.0 Å². The third kappa shape index (κ3) is 3.82. The van der Waals surface area contributed by atoms with Crippen molar-refractivity contribution in [3.63, 3.8) is 0 Å². The van der Waals surface area contributed by atoms with E-state index in [1.54, 1.807) is 7.11 Å². The van der Waals surface area contributed by atoms with Crippen LogP contribution in [0.2, 0.25) is 0 Å². The van der Waals surface area contributed by atoms with Gasteiger partial charge in [-0.3, -0.25) is 0 Å². The Kier molecular flexibility index (Phi) is 4.28. The predicted octanol–water partition coefficient (Wildman–Crippen LogP) is 0.397. The van der Waals surface area contributed by atoms with Gasteiger partial charge in [-0.15, -0.1) is 0 Å². The Morgan fingerprint density at radius 1 is 1.53 bits per heavy atom. The molecular formula is C12H18N2O4S. The molecule has 2 rings (SSSR count). The maximum atomic E-state index is 10.9.